The van der Waals surface area contributed by atoms with Crippen molar-refractivity contribution in [3.8, 4) is 5.75 Å². The van der Waals surface area contributed by atoms with Gasteiger partial charge in [-0.2, -0.15) is 0 Å². The van der Waals surface area contributed by atoms with E-state index >= 15 is 0 Å². The maximum Gasteiger partial charge on any atom is 0.416 e. The molecule has 0 radical (unpaired) electrons. The molecular formula is C21H24ClFN2O2. The predicted molar refractivity (Wildman–Crippen MR) is 105 cm³/mol. The number of carbonyl (C=O) groups is 1. The lowest BCUT2D eigenvalue weighted by molar-refractivity contribution is 0.0998. The number of nitrogens with one attached hydrogen (secondary N) is 1. The monoisotopic (exact) mass is 390 g/mol. The summed E-state index contributed by atoms with van der Waals surface area (Å²) in [6, 6.07) is 12.1. The number of benzene rings is 2. The van der Waals surface area contributed by atoms with E-state index in [4.69, 9.17) is 16.3 Å². The van der Waals surface area contributed by atoms with Gasteiger partial charge in [-0.05, 0) is 62.4 Å². The van der Waals surface area contributed by atoms with Gasteiger partial charge in [0.05, 0.1) is 6.17 Å². The maximum atomic E-state index is 13.9. The molecule has 0 aliphatic carbocycles. The molecule has 1 unspecified atom stereocenters. The lowest BCUT2D eigenvalue weighted by atomic mass is 10.1. The third-order valence-corrected chi connectivity index (χ3v) is 4.99. The van der Waals surface area contributed by atoms with Crippen molar-refractivity contribution in [1.82, 2.24) is 10.2 Å². The Morgan fingerprint density at radius 3 is 2.78 bits per heavy atom. The summed E-state index contributed by atoms with van der Waals surface area (Å²) in [5.74, 6) is 0.238. The fourth-order valence-corrected chi connectivity index (χ4v) is 3.38. The minimum absolute atomic E-state index is 0.105. The van der Waals surface area contributed by atoms with Gasteiger partial charge in [-0.25, -0.2) is 9.18 Å². The highest BCUT2D eigenvalue weighted by atomic mass is 35.5. The molecule has 1 aliphatic rings. The highest BCUT2D eigenvalue weighted by molar-refractivity contribution is 6.30. The number of hydrogen-bond acceptors (Lipinski definition) is 3. The third-order valence-electron chi connectivity index (χ3n) is 4.75. The average Bonchev–Trinajstić information content (AvgIpc) is 2.66. The van der Waals surface area contributed by atoms with Crippen LogP contribution < -0.4 is 10.1 Å². The number of ether oxygens (including phenoxy) is 1. The molecule has 2 aromatic carbocycles. The number of likely N-dealkylation sites (tertiary alicyclic amines) is 1. The molecule has 2 aromatic rings. The summed E-state index contributed by atoms with van der Waals surface area (Å²) in [4.78, 5) is 14.3. The lowest BCUT2D eigenvalue weighted by Crippen LogP contribution is -2.52. The zero-order valence-electron chi connectivity index (χ0n) is 15.4. The number of rotatable bonds is 5. The number of hydrogen-bond donors (Lipinski definition) is 1. The first-order chi connectivity index (χ1) is 13.0. The summed E-state index contributed by atoms with van der Waals surface area (Å²) in [5.41, 5.74) is 1.72. The van der Waals surface area contributed by atoms with Crippen molar-refractivity contribution >= 4 is 17.7 Å². The van der Waals surface area contributed by atoms with E-state index in [1.165, 1.54) is 6.07 Å². The molecule has 0 aromatic heterocycles. The summed E-state index contributed by atoms with van der Waals surface area (Å²) in [6.07, 6.45) is 2.92. The topological polar surface area (TPSA) is 41.6 Å². The van der Waals surface area contributed by atoms with Gasteiger partial charge >= 0.3 is 6.09 Å². The Balaban J connectivity index is 1.56. The quantitative estimate of drug-likeness (QED) is 0.786. The van der Waals surface area contributed by atoms with Crippen molar-refractivity contribution in [3.63, 3.8) is 0 Å². The Morgan fingerprint density at radius 2 is 2.04 bits per heavy atom. The Bertz CT molecular complexity index is 782. The number of aryl methyl sites for hydroxylation is 1. The van der Waals surface area contributed by atoms with E-state index in [1.807, 2.05) is 19.1 Å². The van der Waals surface area contributed by atoms with Crippen molar-refractivity contribution in [1.29, 1.82) is 0 Å². The molecule has 1 saturated heterocycles. The van der Waals surface area contributed by atoms with Crippen LogP contribution in [-0.4, -0.2) is 30.2 Å². The van der Waals surface area contributed by atoms with Gasteiger partial charge in [-0.15, -0.1) is 0 Å². The van der Waals surface area contributed by atoms with E-state index in [2.05, 4.69) is 5.32 Å². The average molecular weight is 391 g/mol. The summed E-state index contributed by atoms with van der Waals surface area (Å²) in [6.45, 7) is 3.20. The van der Waals surface area contributed by atoms with Crippen LogP contribution in [0.15, 0.2) is 42.5 Å². The van der Waals surface area contributed by atoms with E-state index in [9.17, 15) is 9.18 Å². The smallest absolute Gasteiger partial charge is 0.410 e. The molecule has 0 saturated carbocycles. The second-order valence-corrected chi connectivity index (χ2v) is 7.26. The largest absolute Gasteiger partial charge is 0.416 e. The predicted octanol–water partition coefficient (Wildman–Crippen LogP) is 4.93. The number of piperidine rings is 1. The number of carbonyl (C=O) groups excluding carboxylic acids is 1. The first kappa shape index (κ1) is 19.6. The van der Waals surface area contributed by atoms with Crippen molar-refractivity contribution in [3.05, 3.63) is 64.4 Å². The van der Waals surface area contributed by atoms with E-state index in [0.29, 0.717) is 35.8 Å². The zero-order chi connectivity index (χ0) is 19.2. The second-order valence-electron chi connectivity index (χ2n) is 6.83. The Kier molecular flexibility index (Phi) is 6.69. The number of amides is 1. The zero-order valence-corrected chi connectivity index (χ0v) is 16.1. The summed E-state index contributed by atoms with van der Waals surface area (Å²) < 4.78 is 19.4. The van der Waals surface area contributed by atoms with Crippen molar-refractivity contribution in [2.75, 3.05) is 13.1 Å². The fraction of sp³-hybridized carbons (Fsp3) is 0.381. The van der Waals surface area contributed by atoms with E-state index in [1.54, 1.807) is 29.2 Å². The van der Waals surface area contributed by atoms with Gasteiger partial charge in [0.1, 0.15) is 11.6 Å². The Labute approximate surface area is 164 Å². The van der Waals surface area contributed by atoms with Crippen molar-refractivity contribution in [2.24, 2.45) is 0 Å². The molecule has 0 bridgehead atoms. The molecule has 144 valence electrons. The normalized spacial score (nSPS) is 17.0. The van der Waals surface area contributed by atoms with Crippen LogP contribution in [0.25, 0.3) is 0 Å². The van der Waals surface area contributed by atoms with Gasteiger partial charge in [-0.1, -0.05) is 35.4 Å². The minimum atomic E-state index is -0.353. The van der Waals surface area contributed by atoms with Crippen LogP contribution >= 0.6 is 11.6 Å². The molecule has 27 heavy (non-hydrogen) atoms. The SMILES string of the molecule is Cc1ccc(OC(=O)N2CCCCC2NCCc2ccc(Cl)cc2F)cc1. The molecule has 1 heterocycles. The Morgan fingerprint density at radius 1 is 1.26 bits per heavy atom. The van der Waals surface area contributed by atoms with E-state index in [-0.39, 0.29) is 18.1 Å². The van der Waals surface area contributed by atoms with Crippen LogP contribution in [-0.2, 0) is 6.42 Å². The molecule has 1 fully saturated rings. The van der Waals surface area contributed by atoms with Crippen LogP contribution in [0.1, 0.15) is 30.4 Å². The van der Waals surface area contributed by atoms with Crippen molar-refractivity contribution < 1.29 is 13.9 Å². The highest BCUT2D eigenvalue weighted by Gasteiger charge is 2.27. The maximum absolute atomic E-state index is 13.9. The molecule has 1 amide bonds. The summed E-state index contributed by atoms with van der Waals surface area (Å²) >= 11 is 5.79. The van der Waals surface area contributed by atoms with Crippen LogP contribution in [0.4, 0.5) is 9.18 Å². The lowest BCUT2D eigenvalue weighted by Gasteiger charge is -2.35. The first-order valence-electron chi connectivity index (χ1n) is 9.25. The van der Waals surface area contributed by atoms with Gasteiger partial charge in [0.2, 0.25) is 0 Å². The summed E-state index contributed by atoms with van der Waals surface area (Å²) in [5, 5.41) is 3.75. The first-order valence-corrected chi connectivity index (χ1v) is 9.63. The molecule has 0 spiro atoms. The summed E-state index contributed by atoms with van der Waals surface area (Å²) in [7, 11) is 0. The van der Waals surface area contributed by atoms with Crippen LogP contribution in [0.3, 0.4) is 0 Å². The molecule has 1 N–H and O–H groups in total. The minimum Gasteiger partial charge on any atom is -0.410 e. The van der Waals surface area contributed by atoms with Gasteiger partial charge in [0.25, 0.3) is 0 Å². The number of halogens is 2. The molecule has 1 atom stereocenters. The van der Waals surface area contributed by atoms with E-state index < -0.39 is 0 Å². The van der Waals surface area contributed by atoms with Crippen LogP contribution in [0.2, 0.25) is 5.02 Å². The number of nitrogens with zero attached hydrogens (tertiary/aromatic N) is 1. The molecular weight excluding hydrogens is 367 g/mol. The van der Waals surface area contributed by atoms with Crippen LogP contribution in [0.5, 0.6) is 5.75 Å². The third kappa shape index (κ3) is 5.44. The van der Waals surface area contributed by atoms with Crippen molar-refractivity contribution in [2.45, 2.75) is 38.8 Å². The van der Waals surface area contributed by atoms with Gasteiger partial charge in [0, 0.05) is 18.1 Å². The standard InChI is InChI=1S/C21H24ClFN2O2/c1-15-5-9-18(10-6-15)27-21(26)25-13-3-2-4-20(25)24-12-11-16-7-8-17(22)14-19(16)23/h5-10,14,20,24H,2-4,11-13H2,1H3. The molecule has 4 nitrogen and oxygen atoms in total. The van der Waals surface area contributed by atoms with Gasteiger partial charge in [-0.3, -0.25) is 10.2 Å². The molecule has 6 heteroatoms. The van der Waals surface area contributed by atoms with Crippen LogP contribution in [0, 0.1) is 12.7 Å². The fourth-order valence-electron chi connectivity index (χ4n) is 3.23. The second kappa shape index (κ2) is 9.20. The Hall–Kier alpha value is -2.11. The molecule has 1 aliphatic heterocycles. The van der Waals surface area contributed by atoms with E-state index in [0.717, 1.165) is 24.8 Å². The highest BCUT2D eigenvalue weighted by Crippen LogP contribution is 2.19. The van der Waals surface area contributed by atoms with Gasteiger partial charge in [0.15, 0.2) is 0 Å². The van der Waals surface area contributed by atoms with Gasteiger partial charge < -0.3 is 4.74 Å². The molecule has 3 rings (SSSR count).